The van der Waals surface area contributed by atoms with Crippen molar-refractivity contribution >= 4 is 40.5 Å². The first-order valence-corrected chi connectivity index (χ1v) is 6.06. The molecular formula is C11H9ClN2O3S. The third-order valence-electron chi connectivity index (χ3n) is 2.23. The van der Waals surface area contributed by atoms with Crippen molar-refractivity contribution in [1.82, 2.24) is 5.32 Å². The summed E-state index contributed by atoms with van der Waals surface area (Å²) >= 11 is 6.87. The molecule has 1 fully saturated rings. The Morgan fingerprint density at radius 1 is 1.56 bits per heavy atom. The Hall–Kier alpha value is -1.66. The number of phenolic OH excluding ortho intramolecular Hbond substituents is 1. The van der Waals surface area contributed by atoms with E-state index < -0.39 is 0 Å². The van der Waals surface area contributed by atoms with Crippen molar-refractivity contribution in [3.8, 4) is 11.5 Å². The molecule has 0 aliphatic carbocycles. The van der Waals surface area contributed by atoms with Crippen LogP contribution in [0, 0.1) is 5.41 Å². The summed E-state index contributed by atoms with van der Waals surface area (Å²) in [5.74, 6) is -0.237. The molecule has 1 aliphatic rings. The standard InChI is InChI=1S/C11H9ClN2O3S/c1-17-7-3-5(2-6(12)9(7)15)4-8-10(16)14-11(13)18-8/h2-4,15H,1H3,(H2,13,14,16)/b8-4+. The highest BCUT2D eigenvalue weighted by Gasteiger charge is 2.22. The number of thioether (sulfide) groups is 1. The molecule has 0 unspecified atom stereocenters. The zero-order valence-corrected chi connectivity index (χ0v) is 10.9. The second-order valence-corrected chi connectivity index (χ2v) is 4.91. The summed E-state index contributed by atoms with van der Waals surface area (Å²) in [6.07, 6.45) is 1.58. The van der Waals surface area contributed by atoms with Gasteiger partial charge in [-0.15, -0.1) is 0 Å². The summed E-state index contributed by atoms with van der Waals surface area (Å²) in [5, 5.41) is 19.5. The van der Waals surface area contributed by atoms with Crippen LogP contribution in [0.15, 0.2) is 17.0 Å². The van der Waals surface area contributed by atoms with E-state index in [1.807, 2.05) is 0 Å². The van der Waals surface area contributed by atoms with Gasteiger partial charge in [-0.2, -0.15) is 0 Å². The number of ether oxygens (including phenoxy) is 1. The highest BCUT2D eigenvalue weighted by atomic mass is 35.5. The van der Waals surface area contributed by atoms with Crippen LogP contribution in [0.25, 0.3) is 6.08 Å². The first-order chi connectivity index (χ1) is 8.51. The van der Waals surface area contributed by atoms with Gasteiger partial charge in [-0.1, -0.05) is 11.6 Å². The Balaban J connectivity index is 2.41. The minimum absolute atomic E-state index is 0.0862. The van der Waals surface area contributed by atoms with E-state index in [1.54, 1.807) is 12.1 Å². The van der Waals surface area contributed by atoms with Gasteiger partial charge in [0.2, 0.25) is 0 Å². The Bertz CT molecular complexity index is 572. The maximum atomic E-state index is 11.4. The summed E-state index contributed by atoms with van der Waals surface area (Å²) in [4.78, 5) is 11.8. The van der Waals surface area contributed by atoms with Crippen LogP contribution in [0.4, 0.5) is 0 Å². The van der Waals surface area contributed by atoms with Crippen LogP contribution in [-0.4, -0.2) is 23.3 Å². The lowest BCUT2D eigenvalue weighted by molar-refractivity contribution is -0.115. The molecule has 18 heavy (non-hydrogen) atoms. The normalized spacial score (nSPS) is 17.1. The molecule has 1 aromatic carbocycles. The van der Waals surface area contributed by atoms with Gasteiger partial charge in [0.05, 0.1) is 17.0 Å². The Kier molecular flexibility index (Phi) is 3.49. The van der Waals surface area contributed by atoms with E-state index in [-0.39, 0.29) is 27.6 Å². The van der Waals surface area contributed by atoms with Gasteiger partial charge >= 0.3 is 0 Å². The molecule has 1 saturated heterocycles. The molecule has 0 radical (unpaired) electrons. The van der Waals surface area contributed by atoms with Crippen LogP contribution in [-0.2, 0) is 4.79 Å². The Labute approximate surface area is 112 Å². The number of rotatable bonds is 2. The average molecular weight is 285 g/mol. The largest absolute Gasteiger partial charge is 0.503 e. The van der Waals surface area contributed by atoms with E-state index in [4.69, 9.17) is 21.7 Å². The van der Waals surface area contributed by atoms with Gasteiger partial charge in [0.15, 0.2) is 16.7 Å². The number of benzene rings is 1. The Morgan fingerprint density at radius 3 is 2.83 bits per heavy atom. The van der Waals surface area contributed by atoms with E-state index in [2.05, 4.69) is 5.32 Å². The molecule has 1 amide bonds. The predicted molar refractivity (Wildman–Crippen MR) is 71.1 cm³/mol. The van der Waals surface area contributed by atoms with Gasteiger partial charge in [-0.05, 0) is 35.5 Å². The number of aromatic hydroxyl groups is 1. The van der Waals surface area contributed by atoms with Crippen LogP contribution in [0.2, 0.25) is 5.02 Å². The lowest BCUT2D eigenvalue weighted by Crippen LogP contribution is -2.18. The molecule has 0 saturated carbocycles. The Morgan fingerprint density at radius 2 is 2.28 bits per heavy atom. The van der Waals surface area contributed by atoms with Gasteiger partial charge in [0, 0.05) is 0 Å². The quantitative estimate of drug-likeness (QED) is 0.727. The second kappa shape index (κ2) is 4.91. The molecule has 0 spiro atoms. The lowest BCUT2D eigenvalue weighted by atomic mass is 10.2. The molecule has 1 aliphatic heterocycles. The molecule has 1 heterocycles. The fraction of sp³-hybridized carbons (Fsp3) is 0.0909. The number of phenols is 1. The minimum Gasteiger partial charge on any atom is -0.503 e. The van der Waals surface area contributed by atoms with Gasteiger partial charge in [0.1, 0.15) is 0 Å². The topological polar surface area (TPSA) is 82.4 Å². The highest BCUT2D eigenvalue weighted by molar-refractivity contribution is 8.18. The summed E-state index contributed by atoms with van der Waals surface area (Å²) < 4.78 is 4.97. The van der Waals surface area contributed by atoms with Crippen molar-refractivity contribution in [2.24, 2.45) is 0 Å². The number of amides is 1. The van der Waals surface area contributed by atoms with Gasteiger partial charge < -0.3 is 15.2 Å². The van der Waals surface area contributed by atoms with Crippen molar-refractivity contribution in [1.29, 1.82) is 5.41 Å². The minimum atomic E-state index is -0.326. The van der Waals surface area contributed by atoms with Crippen molar-refractivity contribution in [2.45, 2.75) is 0 Å². The highest BCUT2D eigenvalue weighted by Crippen LogP contribution is 2.36. The number of hydrogen-bond acceptors (Lipinski definition) is 5. The van der Waals surface area contributed by atoms with Gasteiger partial charge in [0.25, 0.3) is 5.91 Å². The smallest absolute Gasteiger partial charge is 0.264 e. The lowest BCUT2D eigenvalue weighted by Gasteiger charge is -2.06. The van der Waals surface area contributed by atoms with Crippen LogP contribution in [0.1, 0.15) is 5.56 Å². The number of nitrogens with one attached hydrogen (secondary N) is 2. The summed E-state index contributed by atoms with van der Waals surface area (Å²) in [5.41, 5.74) is 0.613. The fourth-order valence-corrected chi connectivity index (χ4v) is 2.35. The van der Waals surface area contributed by atoms with E-state index in [9.17, 15) is 9.90 Å². The molecule has 7 heteroatoms. The molecule has 0 aromatic heterocycles. The summed E-state index contributed by atoms with van der Waals surface area (Å²) in [7, 11) is 1.41. The SMILES string of the molecule is COc1cc(/C=C2/SC(=N)NC2=O)cc(Cl)c1O. The zero-order chi connectivity index (χ0) is 13.3. The van der Waals surface area contributed by atoms with Crippen LogP contribution >= 0.6 is 23.4 Å². The molecule has 3 N–H and O–H groups in total. The zero-order valence-electron chi connectivity index (χ0n) is 9.28. The van der Waals surface area contributed by atoms with E-state index in [0.717, 1.165) is 11.8 Å². The number of amidine groups is 1. The van der Waals surface area contributed by atoms with Crippen molar-refractivity contribution in [3.05, 3.63) is 27.6 Å². The number of hydrogen-bond donors (Lipinski definition) is 3. The van der Waals surface area contributed by atoms with Crippen molar-refractivity contribution in [3.63, 3.8) is 0 Å². The van der Waals surface area contributed by atoms with Gasteiger partial charge in [-0.3, -0.25) is 10.2 Å². The molecule has 0 atom stereocenters. The first kappa shape index (κ1) is 12.8. The van der Waals surface area contributed by atoms with Crippen LogP contribution in [0.5, 0.6) is 11.5 Å². The van der Waals surface area contributed by atoms with Crippen LogP contribution in [0.3, 0.4) is 0 Å². The van der Waals surface area contributed by atoms with E-state index in [0.29, 0.717) is 10.5 Å². The molecule has 5 nitrogen and oxygen atoms in total. The molecule has 94 valence electrons. The van der Waals surface area contributed by atoms with Crippen LogP contribution < -0.4 is 10.1 Å². The molecule has 1 aromatic rings. The molecule has 2 rings (SSSR count). The number of carbonyl (C=O) groups is 1. The fourth-order valence-electron chi connectivity index (χ4n) is 1.43. The van der Waals surface area contributed by atoms with Crippen molar-refractivity contribution < 1.29 is 14.6 Å². The van der Waals surface area contributed by atoms with Gasteiger partial charge in [-0.25, -0.2) is 0 Å². The first-order valence-electron chi connectivity index (χ1n) is 4.87. The monoisotopic (exact) mass is 284 g/mol. The number of halogens is 1. The maximum Gasteiger partial charge on any atom is 0.264 e. The average Bonchev–Trinajstić information content (AvgIpc) is 2.62. The van der Waals surface area contributed by atoms with Crippen molar-refractivity contribution in [2.75, 3.05) is 7.11 Å². The summed E-state index contributed by atoms with van der Waals surface area (Å²) in [6, 6.07) is 3.08. The van der Waals surface area contributed by atoms with E-state index in [1.165, 1.54) is 13.2 Å². The summed E-state index contributed by atoms with van der Waals surface area (Å²) in [6.45, 7) is 0. The third kappa shape index (κ3) is 2.44. The second-order valence-electron chi connectivity index (χ2n) is 3.45. The molecular weight excluding hydrogens is 276 g/mol. The van der Waals surface area contributed by atoms with E-state index >= 15 is 0 Å². The maximum absolute atomic E-state index is 11.4. The third-order valence-corrected chi connectivity index (χ3v) is 3.35. The predicted octanol–water partition coefficient (Wildman–Crippen LogP) is 2.19. The molecule has 0 bridgehead atoms. The number of carbonyl (C=O) groups excluding carboxylic acids is 1. The number of methoxy groups -OCH3 is 1.